The van der Waals surface area contributed by atoms with E-state index in [0.717, 1.165) is 16.9 Å². The van der Waals surface area contributed by atoms with Crippen LogP contribution >= 0.6 is 0 Å². The van der Waals surface area contributed by atoms with Crippen molar-refractivity contribution >= 4 is 22.6 Å². The number of aromatic nitrogens is 3. The maximum Gasteiger partial charge on any atom is 0.274 e. The van der Waals surface area contributed by atoms with Crippen LogP contribution in [0.2, 0.25) is 0 Å². The number of piperazine rings is 1. The first-order chi connectivity index (χ1) is 13.0. The average molecular weight is 363 g/mol. The molecule has 1 amide bonds. The third-order valence-electron chi connectivity index (χ3n) is 5.02. The number of hydrogen-bond acceptors (Lipinski definition) is 5. The van der Waals surface area contributed by atoms with Gasteiger partial charge in [-0.3, -0.25) is 9.59 Å². The molecule has 1 aromatic carbocycles. The summed E-state index contributed by atoms with van der Waals surface area (Å²) < 4.78 is 0. The van der Waals surface area contributed by atoms with Gasteiger partial charge < -0.3 is 9.80 Å². The number of H-pyrrole nitrogens is 1. The van der Waals surface area contributed by atoms with Crippen molar-refractivity contribution in [2.75, 3.05) is 31.1 Å². The van der Waals surface area contributed by atoms with E-state index in [1.807, 2.05) is 0 Å². The molecule has 0 saturated carbocycles. The average Bonchev–Trinajstić information content (AvgIpc) is 2.69. The summed E-state index contributed by atoms with van der Waals surface area (Å²) in [6.45, 7) is 6.77. The van der Waals surface area contributed by atoms with Crippen molar-refractivity contribution in [1.29, 1.82) is 0 Å². The van der Waals surface area contributed by atoms with Crippen LogP contribution in [0.15, 0.2) is 41.2 Å². The van der Waals surface area contributed by atoms with E-state index in [0.29, 0.717) is 26.2 Å². The standard InChI is InChI=1S/C20H21N5O2/c1-13-4-3-5-15-14(2)12-17(21-19(13)15)24-8-10-25(11-9-24)20(27)16-6-7-18(26)23-22-16/h3-7,12H,8-11H2,1-2H3,(H,23,26). The van der Waals surface area contributed by atoms with Gasteiger partial charge in [0.15, 0.2) is 0 Å². The van der Waals surface area contributed by atoms with Crippen LogP contribution in [0.3, 0.4) is 0 Å². The van der Waals surface area contributed by atoms with E-state index in [1.54, 1.807) is 4.90 Å². The van der Waals surface area contributed by atoms with Gasteiger partial charge in [0.25, 0.3) is 11.5 Å². The van der Waals surface area contributed by atoms with Gasteiger partial charge in [-0.2, -0.15) is 5.10 Å². The quantitative estimate of drug-likeness (QED) is 0.752. The highest BCUT2D eigenvalue weighted by Gasteiger charge is 2.24. The second-order valence-corrected chi connectivity index (χ2v) is 6.85. The second kappa shape index (κ2) is 6.83. The number of nitrogens with zero attached hydrogens (tertiary/aromatic N) is 4. The topological polar surface area (TPSA) is 82.2 Å². The first-order valence-corrected chi connectivity index (χ1v) is 9.00. The molecule has 1 N–H and O–H groups in total. The number of hydrogen-bond donors (Lipinski definition) is 1. The van der Waals surface area contributed by atoms with E-state index in [4.69, 9.17) is 4.98 Å². The van der Waals surface area contributed by atoms with E-state index in [9.17, 15) is 9.59 Å². The summed E-state index contributed by atoms with van der Waals surface area (Å²) in [5, 5.41) is 7.32. The molecule has 0 radical (unpaired) electrons. The molecule has 138 valence electrons. The van der Waals surface area contributed by atoms with Crippen LogP contribution < -0.4 is 10.5 Å². The second-order valence-electron chi connectivity index (χ2n) is 6.85. The lowest BCUT2D eigenvalue weighted by Crippen LogP contribution is -2.49. The van der Waals surface area contributed by atoms with Crippen molar-refractivity contribution in [3.8, 4) is 0 Å². The van der Waals surface area contributed by atoms with Crippen LogP contribution in [0.4, 0.5) is 5.82 Å². The molecule has 1 aliphatic rings. The van der Waals surface area contributed by atoms with E-state index in [2.05, 4.69) is 53.2 Å². The summed E-state index contributed by atoms with van der Waals surface area (Å²) in [5.41, 5.74) is 3.34. The van der Waals surface area contributed by atoms with Crippen molar-refractivity contribution in [2.45, 2.75) is 13.8 Å². The summed E-state index contributed by atoms with van der Waals surface area (Å²) in [6, 6.07) is 11.1. The SMILES string of the molecule is Cc1cc(N2CCN(C(=O)c3ccc(=O)[nH]n3)CC2)nc2c(C)cccc12. The Morgan fingerprint density at radius 3 is 2.52 bits per heavy atom. The molecule has 4 rings (SSSR count). The number of rotatable bonds is 2. The zero-order valence-electron chi connectivity index (χ0n) is 15.4. The fourth-order valence-corrected chi connectivity index (χ4v) is 3.47. The third kappa shape index (κ3) is 3.28. The first-order valence-electron chi connectivity index (χ1n) is 9.00. The van der Waals surface area contributed by atoms with Crippen LogP contribution in [0.5, 0.6) is 0 Å². The Kier molecular flexibility index (Phi) is 4.35. The number of para-hydroxylation sites is 1. The highest BCUT2D eigenvalue weighted by atomic mass is 16.2. The first kappa shape index (κ1) is 17.2. The largest absolute Gasteiger partial charge is 0.353 e. The number of anilines is 1. The van der Waals surface area contributed by atoms with Gasteiger partial charge in [0.1, 0.15) is 11.5 Å². The van der Waals surface area contributed by atoms with Crippen molar-refractivity contribution in [2.24, 2.45) is 0 Å². The van der Waals surface area contributed by atoms with Gasteiger partial charge in [0.05, 0.1) is 5.52 Å². The number of amides is 1. The smallest absolute Gasteiger partial charge is 0.274 e. The Hall–Kier alpha value is -3.22. The normalized spacial score (nSPS) is 14.6. The number of aromatic amines is 1. The highest BCUT2D eigenvalue weighted by molar-refractivity contribution is 5.92. The minimum absolute atomic E-state index is 0.163. The third-order valence-corrected chi connectivity index (χ3v) is 5.02. The molecule has 0 aliphatic carbocycles. The molecule has 0 atom stereocenters. The predicted molar refractivity (Wildman–Crippen MR) is 104 cm³/mol. The number of fused-ring (bicyclic) bond motifs is 1. The minimum Gasteiger partial charge on any atom is -0.353 e. The molecular formula is C20H21N5O2. The molecule has 1 saturated heterocycles. The maximum absolute atomic E-state index is 12.5. The Balaban J connectivity index is 1.51. The maximum atomic E-state index is 12.5. The molecule has 0 bridgehead atoms. The molecule has 0 unspecified atom stereocenters. The fourth-order valence-electron chi connectivity index (χ4n) is 3.47. The van der Waals surface area contributed by atoms with Gasteiger partial charge in [0.2, 0.25) is 0 Å². The predicted octanol–water partition coefficient (Wildman–Crippen LogP) is 1.90. The zero-order chi connectivity index (χ0) is 19.0. The van der Waals surface area contributed by atoms with Gasteiger partial charge in [-0.1, -0.05) is 18.2 Å². The number of carbonyl (C=O) groups excluding carboxylic acids is 1. The molecule has 1 fully saturated rings. The summed E-state index contributed by atoms with van der Waals surface area (Å²) in [5.74, 6) is 0.785. The van der Waals surface area contributed by atoms with Crippen LogP contribution in [0, 0.1) is 13.8 Å². The van der Waals surface area contributed by atoms with Crippen molar-refractivity contribution < 1.29 is 4.79 Å². The minimum atomic E-state index is -0.315. The lowest BCUT2D eigenvalue weighted by molar-refractivity contribution is 0.0739. The van der Waals surface area contributed by atoms with Crippen molar-refractivity contribution in [3.63, 3.8) is 0 Å². The Morgan fingerprint density at radius 1 is 1.04 bits per heavy atom. The molecule has 0 spiro atoms. The molecule has 3 heterocycles. The molecule has 3 aromatic rings. The number of nitrogens with one attached hydrogen (secondary N) is 1. The van der Waals surface area contributed by atoms with E-state index in [1.165, 1.54) is 23.1 Å². The number of aryl methyl sites for hydroxylation is 2. The molecule has 27 heavy (non-hydrogen) atoms. The molecule has 7 nitrogen and oxygen atoms in total. The summed E-state index contributed by atoms with van der Waals surface area (Å²) >= 11 is 0. The van der Waals surface area contributed by atoms with E-state index >= 15 is 0 Å². The monoisotopic (exact) mass is 363 g/mol. The Labute approximate surface area is 156 Å². The lowest BCUT2D eigenvalue weighted by atomic mass is 10.1. The van der Waals surface area contributed by atoms with E-state index < -0.39 is 0 Å². The van der Waals surface area contributed by atoms with Gasteiger partial charge in [-0.25, -0.2) is 10.1 Å². The van der Waals surface area contributed by atoms with Crippen LogP contribution in [-0.2, 0) is 0 Å². The summed E-state index contributed by atoms with van der Waals surface area (Å²) in [6.07, 6.45) is 0. The van der Waals surface area contributed by atoms with Crippen LogP contribution in [0.1, 0.15) is 21.6 Å². The van der Waals surface area contributed by atoms with Gasteiger partial charge in [-0.05, 0) is 37.1 Å². The van der Waals surface area contributed by atoms with Crippen LogP contribution in [-0.4, -0.2) is 52.2 Å². The zero-order valence-corrected chi connectivity index (χ0v) is 15.4. The van der Waals surface area contributed by atoms with Crippen LogP contribution in [0.25, 0.3) is 10.9 Å². The molecule has 7 heteroatoms. The summed E-state index contributed by atoms with van der Waals surface area (Å²) in [4.78, 5) is 32.5. The number of carbonyl (C=O) groups is 1. The molecule has 1 aliphatic heterocycles. The van der Waals surface area contributed by atoms with Crippen molar-refractivity contribution in [1.82, 2.24) is 20.1 Å². The van der Waals surface area contributed by atoms with Gasteiger partial charge in [0, 0.05) is 37.6 Å². The fraction of sp³-hybridized carbons (Fsp3) is 0.300. The highest BCUT2D eigenvalue weighted by Crippen LogP contribution is 2.25. The Morgan fingerprint density at radius 2 is 1.81 bits per heavy atom. The number of pyridine rings is 1. The molecular weight excluding hydrogens is 342 g/mol. The Bertz CT molecular complexity index is 1050. The number of benzene rings is 1. The van der Waals surface area contributed by atoms with Gasteiger partial charge in [-0.15, -0.1) is 0 Å². The molecule has 2 aromatic heterocycles. The van der Waals surface area contributed by atoms with E-state index in [-0.39, 0.29) is 17.2 Å². The van der Waals surface area contributed by atoms with Gasteiger partial charge >= 0.3 is 0 Å². The lowest BCUT2D eigenvalue weighted by Gasteiger charge is -2.35. The van der Waals surface area contributed by atoms with Crippen molar-refractivity contribution in [3.05, 3.63) is 63.6 Å². The summed E-state index contributed by atoms with van der Waals surface area (Å²) in [7, 11) is 0.